The van der Waals surface area contributed by atoms with Crippen molar-refractivity contribution in [1.29, 1.82) is 0 Å². The van der Waals surface area contributed by atoms with Gasteiger partial charge in [0.2, 0.25) is 11.8 Å². The fourth-order valence-electron chi connectivity index (χ4n) is 8.60. The van der Waals surface area contributed by atoms with Gasteiger partial charge >= 0.3 is 0 Å². The standard InChI is InChI=1S/C37H28ClFN4O8/c38-20-6-4-19(5-7-20)37-29(34(46)42(36(37)48)40-22-10-8-21(39)9-11-22)17-28-26(32(37)30-15-12-25(18-44)51-30)13-14-27-31(28)35(47)41(33(27)45)23-2-1-3-24(16-23)43(49)50/h1-13,15-16,27-29,31-32,40,44H,14,17-18H2. The number of amides is 4. The number of fused-ring (bicyclic) bond motifs is 4. The first kappa shape index (κ1) is 32.5. The number of aliphatic hydroxyl groups is 1. The number of nitrogens with zero attached hydrogens (tertiary/aromatic N) is 3. The Kier molecular flexibility index (Phi) is 7.65. The molecular formula is C37H28ClFN4O8. The van der Waals surface area contributed by atoms with Crippen LogP contribution in [0.15, 0.2) is 101 Å². The van der Waals surface area contributed by atoms with Crippen LogP contribution in [0.1, 0.15) is 35.8 Å². The zero-order valence-corrected chi connectivity index (χ0v) is 27.3. The van der Waals surface area contributed by atoms with Gasteiger partial charge in [-0.25, -0.2) is 9.29 Å². The minimum atomic E-state index is -1.64. The van der Waals surface area contributed by atoms with E-state index in [9.17, 15) is 34.0 Å². The first-order valence-electron chi connectivity index (χ1n) is 16.2. The normalized spacial score (nSPS) is 26.9. The quantitative estimate of drug-likeness (QED) is 0.107. The summed E-state index contributed by atoms with van der Waals surface area (Å²) in [7, 11) is 0. The van der Waals surface area contributed by atoms with Crippen molar-refractivity contribution < 1.29 is 38.0 Å². The summed E-state index contributed by atoms with van der Waals surface area (Å²) in [5, 5.41) is 22.8. The molecule has 0 spiro atoms. The third-order valence-electron chi connectivity index (χ3n) is 10.7. The van der Waals surface area contributed by atoms with Gasteiger partial charge in [-0.2, -0.15) is 5.01 Å². The van der Waals surface area contributed by atoms with Gasteiger partial charge in [0.05, 0.1) is 40.0 Å². The number of non-ortho nitro benzene ring substituents is 1. The molecule has 1 aromatic heterocycles. The van der Waals surface area contributed by atoms with Gasteiger partial charge in [-0.1, -0.05) is 41.4 Å². The third kappa shape index (κ3) is 4.83. The summed E-state index contributed by atoms with van der Waals surface area (Å²) in [6.45, 7) is -0.437. The Morgan fingerprint density at radius 3 is 2.39 bits per heavy atom. The molecule has 2 N–H and O–H groups in total. The molecular weight excluding hydrogens is 683 g/mol. The molecule has 0 bridgehead atoms. The molecule has 4 amide bonds. The van der Waals surface area contributed by atoms with E-state index in [1.165, 1.54) is 48.5 Å². The summed E-state index contributed by atoms with van der Waals surface area (Å²) >= 11 is 6.30. The Morgan fingerprint density at radius 2 is 1.71 bits per heavy atom. The summed E-state index contributed by atoms with van der Waals surface area (Å²) in [6, 6.07) is 20.2. The van der Waals surface area contributed by atoms with E-state index >= 15 is 4.79 Å². The molecule has 8 rings (SSSR count). The molecule has 2 aliphatic heterocycles. The second-order valence-corrected chi connectivity index (χ2v) is 13.6. The minimum absolute atomic E-state index is 0.00629. The second kappa shape index (κ2) is 12.0. The van der Waals surface area contributed by atoms with Gasteiger partial charge in [0.15, 0.2) is 0 Å². The summed E-state index contributed by atoms with van der Waals surface area (Å²) in [6.07, 6.45) is 1.95. The zero-order chi connectivity index (χ0) is 35.8. The molecule has 12 nitrogen and oxygen atoms in total. The molecule has 14 heteroatoms. The largest absolute Gasteiger partial charge is 0.463 e. The van der Waals surface area contributed by atoms with Crippen molar-refractivity contribution in [2.24, 2.45) is 23.7 Å². The maximum Gasteiger partial charge on any atom is 0.271 e. The van der Waals surface area contributed by atoms with E-state index in [1.807, 2.05) is 6.08 Å². The Hall–Kier alpha value is -5.66. The fraction of sp³-hybridized carbons (Fsp3) is 0.243. The highest BCUT2D eigenvalue weighted by molar-refractivity contribution is 6.30. The van der Waals surface area contributed by atoms with Gasteiger partial charge in [-0.15, -0.1) is 0 Å². The highest BCUT2D eigenvalue weighted by atomic mass is 35.5. The summed E-state index contributed by atoms with van der Waals surface area (Å²) in [5.41, 5.74) is 2.37. The average Bonchev–Trinajstić information content (AvgIpc) is 3.77. The molecule has 3 heterocycles. The number of aliphatic hydroxyl groups excluding tert-OH is 1. The van der Waals surface area contributed by atoms with E-state index in [4.69, 9.17) is 16.0 Å². The van der Waals surface area contributed by atoms with Crippen LogP contribution in [0.3, 0.4) is 0 Å². The predicted molar refractivity (Wildman–Crippen MR) is 179 cm³/mol. The lowest BCUT2D eigenvalue weighted by Crippen LogP contribution is -2.53. The first-order chi connectivity index (χ1) is 24.5. The van der Waals surface area contributed by atoms with E-state index in [0.717, 1.165) is 9.91 Å². The van der Waals surface area contributed by atoms with Crippen molar-refractivity contribution in [3.05, 3.63) is 135 Å². The van der Waals surface area contributed by atoms with E-state index < -0.39 is 76.0 Å². The number of hydrazine groups is 1. The highest BCUT2D eigenvalue weighted by Crippen LogP contribution is 2.64. The van der Waals surface area contributed by atoms with Gasteiger partial charge in [-0.3, -0.25) is 34.7 Å². The van der Waals surface area contributed by atoms with E-state index in [2.05, 4.69) is 5.43 Å². The Bertz CT molecular complexity index is 2170. The lowest BCUT2D eigenvalue weighted by atomic mass is 9.50. The molecule has 258 valence electrons. The summed E-state index contributed by atoms with van der Waals surface area (Å²) < 4.78 is 20.0. The van der Waals surface area contributed by atoms with Gasteiger partial charge < -0.3 is 9.52 Å². The SMILES string of the molecule is O=C1C2CC3C(=CCC4C(=O)N(c5cccc([N+](=O)[O-])c5)C(=O)C43)C(c3ccc(CO)o3)C2(c2ccc(Cl)cc2)C(=O)N1Nc1ccc(F)cc1. The maximum absolute atomic E-state index is 15.1. The minimum Gasteiger partial charge on any atom is -0.463 e. The number of furan rings is 1. The number of allylic oxidation sites excluding steroid dienone is 2. The number of benzene rings is 3. The average molecular weight is 711 g/mol. The number of hydrogen-bond acceptors (Lipinski definition) is 9. The van der Waals surface area contributed by atoms with E-state index in [0.29, 0.717) is 16.2 Å². The van der Waals surface area contributed by atoms with Crippen LogP contribution in [0.25, 0.3) is 0 Å². The van der Waals surface area contributed by atoms with Crippen LogP contribution in [0.5, 0.6) is 0 Å². The number of halogens is 2. The van der Waals surface area contributed by atoms with Crippen LogP contribution < -0.4 is 10.3 Å². The smallest absolute Gasteiger partial charge is 0.271 e. The maximum atomic E-state index is 15.1. The molecule has 0 radical (unpaired) electrons. The number of rotatable bonds is 7. The second-order valence-electron chi connectivity index (χ2n) is 13.1. The number of hydrogen-bond donors (Lipinski definition) is 2. The lowest BCUT2D eigenvalue weighted by Gasteiger charge is -2.49. The number of carbonyl (C=O) groups is 4. The predicted octanol–water partition coefficient (Wildman–Crippen LogP) is 5.66. The zero-order valence-electron chi connectivity index (χ0n) is 26.6. The Morgan fingerprint density at radius 1 is 0.961 bits per heavy atom. The monoisotopic (exact) mass is 710 g/mol. The fourth-order valence-corrected chi connectivity index (χ4v) is 8.72. The first-order valence-corrected chi connectivity index (χ1v) is 16.6. The number of nitrogens with one attached hydrogen (secondary N) is 1. The number of carbonyl (C=O) groups excluding carboxylic acids is 4. The molecule has 51 heavy (non-hydrogen) atoms. The number of anilines is 2. The lowest BCUT2D eigenvalue weighted by molar-refractivity contribution is -0.384. The van der Waals surface area contributed by atoms with E-state index in [1.54, 1.807) is 36.4 Å². The molecule has 3 aromatic carbocycles. The van der Waals surface area contributed by atoms with E-state index in [-0.39, 0.29) is 41.4 Å². The number of nitro groups is 1. The molecule has 2 saturated heterocycles. The van der Waals surface area contributed by atoms with Gasteiger partial charge in [0.25, 0.3) is 17.5 Å². The molecule has 1 saturated carbocycles. The van der Waals surface area contributed by atoms with Crippen molar-refractivity contribution in [3.8, 4) is 0 Å². The van der Waals surface area contributed by atoms with Crippen molar-refractivity contribution in [1.82, 2.24) is 5.01 Å². The molecule has 4 aliphatic rings. The van der Waals surface area contributed by atoms with Crippen molar-refractivity contribution in [2.75, 3.05) is 10.3 Å². The summed E-state index contributed by atoms with van der Waals surface area (Å²) in [4.78, 5) is 69.9. The van der Waals surface area contributed by atoms with Gasteiger partial charge in [-0.05, 0) is 78.9 Å². The number of imide groups is 2. The van der Waals surface area contributed by atoms with Crippen molar-refractivity contribution in [2.45, 2.75) is 30.8 Å². The van der Waals surface area contributed by atoms with Crippen molar-refractivity contribution >= 4 is 52.3 Å². The van der Waals surface area contributed by atoms with Crippen LogP contribution in [0.2, 0.25) is 5.02 Å². The molecule has 2 aliphatic carbocycles. The Labute approximate surface area is 294 Å². The van der Waals surface area contributed by atoms with Crippen LogP contribution in [-0.4, -0.2) is 38.7 Å². The van der Waals surface area contributed by atoms with Gasteiger partial charge in [0.1, 0.15) is 29.4 Å². The number of nitro benzene ring substituents is 1. The van der Waals surface area contributed by atoms with Crippen molar-refractivity contribution in [3.63, 3.8) is 0 Å². The Balaban J connectivity index is 1.30. The van der Waals surface area contributed by atoms with Gasteiger partial charge in [0, 0.05) is 17.2 Å². The summed E-state index contributed by atoms with van der Waals surface area (Å²) in [5.74, 6) is -6.89. The van der Waals surface area contributed by atoms with Crippen LogP contribution in [-0.2, 0) is 31.2 Å². The highest BCUT2D eigenvalue weighted by Gasteiger charge is 2.71. The van der Waals surface area contributed by atoms with Crippen LogP contribution in [0, 0.1) is 39.6 Å². The third-order valence-corrected chi connectivity index (χ3v) is 10.9. The molecule has 6 unspecified atom stereocenters. The molecule has 3 fully saturated rings. The van der Waals surface area contributed by atoms with Crippen LogP contribution in [0.4, 0.5) is 21.5 Å². The molecule has 6 atom stereocenters. The topological polar surface area (TPSA) is 163 Å². The molecule has 4 aromatic rings. The van der Waals surface area contributed by atoms with Crippen LogP contribution >= 0.6 is 11.6 Å².